The molecule has 2 rings (SSSR count). The molecule has 4 heteroatoms. The highest BCUT2D eigenvalue weighted by Gasteiger charge is 2.09. The number of phenolic OH excluding ortho intramolecular Hbond substituents is 2. The first-order chi connectivity index (χ1) is 11.5. The zero-order chi connectivity index (χ0) is 17.5. The molecule has 0 aromatic heterocycles. The van der Waals surface area contributed by atoms with E-state index in [-0.39, 0.29) is 17.3 Å². The first-order valence-electron chi connectivity index (χ1n) is 8.05. The van der Waals surface area contributed by atoms with E-state index >= 15 is 0 Å². The van der Waals surface area contributed by atoms with Crippen LogP contribution in [0.1, 0.15) is 41.8 Å². The standard InChI is InChI=1S/C20H22O4/c1-3-11-24-20-13-19(23)14(4-2)12-16(20)7-10-18(22)15-5-8-17(21)9-6-15/h5-10,12-13,21,23H,3-4,11H2,1-2H3/b10-7+. The van der Waals surface area contributed by atoms with Gasteiger partial charge in [0.1, 0.15) is 17.2 Å². The van der Waals surface area contributed by atoms with Gasteiger partial charge in [-0.3, -0.25) is 4.79 Å². The van der Waals surface area contributed by atoms with E-state index < -0.39 is 0 Å². The number of aromatic hydroxyl groups is 2. The van der Waals surface area contributed by atoms with Crippen LogP contribution in [0.2, 0.25) is 0 Å². The summed E-state index contributed by atoms with van der Waals surface area (Å²) >= 11 is 0. The number of aryl methyl sites for hydroxylation is 1. The summed E-state index contributed by atoms with van der Waals surface area (Å²) in [7, 11) is 0. The fraction of sp³-hybridized carbons (Fsp3) is 0.250. The third kappa shape index (κ3) is 4.38. The lowest BCUT2D eigenvalue weighted by molar-refractivity contribution is 0.104. The molecule has 0 bridgehead atoms. The maximum atomic E-state index is 12.2. The van der Waals surface area contributed by atoms with Crippen molar-refractivity contribution in [2.75, 3.05) is 6.61 Å². The van der Waals surface area contributed by atoms with Gasteiger partial charge < -0.3 is 14.9 Å². The van der Waals surface area contributed by atoms with Crippen LogP contribution in [0, 0.1) is 0 Å². The molecule has 0 fully saturated rings. The topological polar surface area (TPSA) is 66.8 Å². The Bertz CT molecular complexity index is 730. The van der Waals surface area contributed by atoms with E-state index in [0.29, 0.717) is 24.3 Å². The molecule has 24 heavy (non-hydrogen) atoms. The predicted molar refractivity (Wildman–Crippen MR) is 94.7 cm³/mol. The van der Waals surface area contributed by atoms with Crippen LogP contribution in [0.4, 0.5) is 0 Å². The van der Waals surface area contributed by atoms with Crippen LogP contribution in [0.3, 0.4) is 0 Å². The van der Waals surface area contributed by atoms with Gasteiger partial charge in [0.2, 0.25) is 0 Å². The second-order valence-electron chi connectivity index (χ2n) is 5.47. The molecule has 2 aromatic carbocycles. The molecular weight excluding hydrogens is 304 g/mol. The largest absolute Gasteiger partial charge is 0.508 e. The van der Waals surface area contributed by atoms with Gasteiger partial charge in [0.15, 0.2) is 5.78 Å². The number of rotatable bonds is 7. The Morgan fingerprint density at radius 1 is 1.12 bits per heavy atom. The second kappa shape index (κ2) is 8.20. The molecule has 2 N–H and O–H groups in total. The van der Waals surface area contributed by atoms with Gasteiger partial charge in [-0.2, -0.15) is 0 Å². The number of hydrogen-bond donors (Lipinski definition) is 2. The van der Waals surface area contributed by atoms with Gasteiger partial charge in [0.25, 0.3) is 0 Å². The van der Waals surface area contributed by atoms with Crippen molar-refractivity contribution in [2.45, 2.75) is 26.7 Å². The molecule has 0 aliphatic rings. The molecule has 126 valence electrons. The van der Waals surface area contributed by atoms with Gasteiger partial charge in [0.05, 0.1) is 6.61 Å². The molecule has 2 aromatic rings. The minimum absolute atomic E-state index is 0.122. The lowest BCUT2D eigenvalue weighted by atomic mass is 10.0. The molecular formula is C20H22O4. The first kappa shape index (κ1) is 17.6. The average Bonchev–Trinajstić information content (AvgIpc) is 2.59. The summed E-state index contributed by atoms with van der Waals surface area (Å²) in [6.07, 6.45) is 4.70. The number of ketones is 1. The highest BCUT2D eigenvalue weighted by Crippen LogP contribution is 2.30. The minimum atomic E-state index is -0.164. The Labute approximate surface area is 142 Å². The van der Waals surface area contributed by atoms with Crippen molar-refractivity contribution < 1.29 is 19.7 Å². The molecule has 0 aliphatic carbocycles. The van der Waals surface area contributed by atoms with Gasteiger partial charge in [-0.1, -0.05) is 13.8 Å². The van der Waals surface area contributed by atoms with Gasteiger partial charge in [0, 0.05) is 17.2 Å². The maximum absolute atomic E-state index is 12.2. The number of hydrogen-bond acceptors (Lipinski definition) is 4. The van der Waals surface area contributed by atoms with Crippen molar-refractivity contribution >= 4 is 11.9 Å². The van der Waals surface area contributed by atoms with E-state index in [9.17, 15) is 15.0 Å². The molecule has 0 radical (unpaired) electrons. The third-order valence-electron chi connectivity index (χ3n) is 3.62. The van der Waals surface area contributed by atoms with Crippen LogP contribution in [0.5, 0.6) is 17.2 Å². The Hall–Kier alpha value is -2.75. The van der Waals surface area contributed by atoms with Crippen molar-refractivity contribution in [1.82, 2.24) is 0 Å². The first-order valence-corrected chi connectivity index (χ1v) is 8.05. The van der Waals surface area contributed by atoms with Crippen molar-refractivity contribution in [1.29, 1.82) is 0 Å². The molecule has 0 aliphatic heterocycles. The summed E-state index contributed by atoms with van der Waals surface area (Å²) in [5.74, 6) is 0.714. The van der Waals surface area contributed by atoms with E-state index in [1.54, 1.807) is 24.3 Å². The van der Waals surface area contributed by atoms with Gasteiger partial charge in [-0.15, -0.1) is 0 Å². The number of ether oxygens (including phenoxy) is 1. The Morgan fingerprint density at radius 3 is 2.46 bits per heavy atom. The number of benzene rings is 2. The van der Waals surface area contributed by atoms with Gasteiger partial charge in [-0.05, 0) is 60.9 Å². The molecule has 4 nitrogen and oxygen atoms in total. The zero-order valence-electron chi connectivity index (χ0n) is 14.0. The number of carbonyl (C=O) groups excluding carboxylic acids is 1. The quantitative estimate of drug-likeness (QED) is 0.586. The average molecular weight is 326 g/mol. The summed E-state index contributed by atoms with van der Waals surface area (Å²) in [6, 6.07) is 9.54. The van der Waals surface area contributed by atoms with Crippen LogP contribution in [-0.4, -0.2) is 22.6 Å². The van der Waals surface area contributed by atoms with E-state index in [0.717, 1.165) is 17.5 Å². The molecule has 0 saturated heterocycles. The summed E-state index contributed by atoms with van der Waals surface area (Å²) in [6.45, 7) is 4.50. The highest BCUT2D eigenvalue weighted by atomic mass is 16.5. The van der Waals surface area contributed by atoms with Crippen molar-refractivity contribution in [3.63, 3.8) is 0 Å². The van der Waals surface area contributed by atoms with Crippen LogP contribution in [0.25, 0.3) is 6.08 Å². The van der Waals surface area contributed by atoms with Gasteiger partial charge >= 0.3 is 0 Å². The monoisotopic (exact) mass is 326 g/mol. The Kier molecular flexibility index (Phi) is 6.01. The molecule has 0 heterocycles. The van der Waals surface area contributed by atoms with Gasteiger partial charge in [-0.25, -0.2) is 0 Å². The van der Waals surface area contributed by atoms with E-state index in [1.165, 1.54) is 18.2 Å². The lowest BCUT2D eigenvalue weighted by Gasteiger charge is -2.11. The second-order valence-corrected chi connectivity index (χ2v) is 5.47. The van der Waals surface area contributed by atoms with Crippen LogP contribution in [-0.2, 0) is 6.42 Å². The summed E-state index contributed by atoms with van der Waals surface area (Å²) in [4.78, 5) is 12.2. The minimum Gasteiger partial charge on any atom is -0.508 e. The smallest absolute Gasteiger partial charge is 0.185 e. The third-order valence-corrected chi connectivity index (χ3v) is 3.62. The van der Waals surface area contributed by atoms with Crippen molar-refractivity contribution in [3.05, 3.63) is 59.2 Å². The number of carbonyl (C=O) groups is 1. The van der Waals surface area contributed by atoms with Crippen LogP contribution >= 0.6 is 0 Å². The summed E-state index contributed by atoms with van der Waals surface area (Å²) in [5, 5.41) is 19.3. The SMILES string of the molecule is CCCOc1cc(O)c(CC)cc1/C=C/C(=O)c1ccc(O)cc1. The molecule has 0 amide bonds. The molecule has 0 atom stereocenters. The van der Waals surface area contributed by atoms with Crippen LogP contribution < -0.4 is 4.74 Å². The lowest BCUT2D eigenvalue weighted by Crippen LogP contribution is -1.99. The fourth-order valence-corrected chi connectivity index (χ4v) is 2.27. The number of allylic oxidation sites excluding steroid dienone is 1. The van der Waals surface area contributed by atoms with Crippen LogP contribution in [0.15, 0.2) is 42.5 Å². The predicted octanol–water partition coefficient (Wildman–Crippen LogP) is 4.35. The number of phenols is 2. The maximum Gasteiger partial charge on any atom is 0.185 e. The van der Waals surface area contributed by atoms with E-state index in [2.05, 4.69) is 0 Å². The highest BCUT2D eigenvalue weighted by molar-refractivity contribution is 6.07. The van der Waals surface area contributed by atoms with Crippen molar-refractivity contribution in [2.24, 2.45) is 0 Å². The molecule has 0 spiro atoms. The summed E-state index contributed by atoms with van der Waals surface area (Å²) in [5.41, 5.74) is 2.05. The zero-order valence-corrected chi connectivity index (χ0v) is 14.0. The fourth-order valence-electron chi connectivity index (χ4n) is 2.27. The van der Waals surface area contributed by atoms with E-state index in [4.69, 9.17) is 4.74 Å². The normalized spacial score (nSPS) is 10.9. The van der Waals surface area contributed by atoms with E-state index in [1.807, 2.05) is 19.9 Å². The van der Waals surface area contributed by atoms with Crippen molar-refractivity contribution in [3.8, 4) is 17.2 Å². The molecule has 0 saturated carbocycles. The summed E-state index contributed by atoms with van der Waals surface area (Å²) < 4.78 is 5.66. The Balaban J connectivity index is 2.28. The Morgan fingerprint density at radius 2 is 1.83 bits per heavy atom. The molecule has 0 unspecified atom stereocenters.